The van der Waals surface area contributed by atoms with Gasteiger partial charge in [0.25, 0.3) is 0 Å². The standard InChI is InChI=1S/C25H17N2O.C24H18NO.Pt/c26-16-19-13-22(20-7-3-1-4-8-20)25(21-9-5-2-6-10-21)23(14-19)24-15-18(17-28)11-12-27-24;1-26-20-15-16-25-23(17-20)22-14-8-13-21(18-9-4-2-5-10-18)24(22)19-11-6-3-7-12-19;/h1-13,15,28H,17H2;2-13,15-17H,1H3;/q2*-1;+2. The molecule has 0 unspecified atom stereocenters. The fourth-order valence-corrected chi connectivity index (χ4v) is 6.43. The summed E-state index contributed by atoms with van der Waals surface area (Å²) in [6.45, 7) is -0.0698. The van der Waals surface area contributed by atoms with Crippen molar-refractivity contribution < 1.29 is 30.9 Å². The summed E-state index contributed by atoms with van der Waals surface area (Å²) in [5.41, 5.74) is 13.0. The third-order valence-electron chi connectivity index (χ3n) is 8.97. The summed E-state index contributed by atoms with van der Waals surface area (Å²) >= 11 is 0. The number of aliphatic hydroxyl groups excluding tert-OH is 1. The van der Waals surface area contributed by atoms with Crippen LogP contribution in [0.15, 0.2) is 176 Å². The number of pyridine rings is 2. The van der Waals surface area contributed by atoms with Crippen molar-refractivity contribution in [3.05, 3.63) is 199 Å². The van der Waals surface area contributed by atoms with Gasteiger partial charge in [-0.25, -0.2) is 5.26 Å². The molecule has 5 nitrogen and oxygen atoms in total. The van der Waals surface area contributed by atoms with Gasteiger partial charge in [0.2, 0.25) is 0 Å². The van der Waals surface area contributed by atoms with Crippen molar-refractivity contribution >= 4 is 0 Å². The van der Waals surface area contributed by atoms with Crippen molar-refractivity contribution in [2.75, 3.05) is 7.11 Å². The second-order valence-electron chi connectivity index (χ2n) is 12.4. The van der Waals surface area contributed by atoms with Gasteiger partial charge in [-0.2, -0.15) is 0 Å². The van der Waals surface area contributed by atoms with Crippen LogP contribution in [0.25, 0.3) is 67.0 Å². The van der Waals surface area contributed by atoms with Crippen LogP contribution in [-0.4, -0.2) is 22.2 Å². The number of hydrogen-bond donors (Lipinski definition) is 1. The van der Waals surface area contributed by atoms with Crippen molar-refractivity contribution in [3.63, 3.8) is 0 Å². The SMILES string of the molecule is COc1ccnc(-c2[c-]ccc(-c3ccccc3)c2-c2ccccc2)c1.N#Cc1[c-]c(-c2cc(CO)ccn2)c(-c2ccccc2)c(-c2ccccc2)c1.[Pt+2]. The molecule has 0 saturated carbocycles. The molecule has 268 valence electrons. The second kappa shape index (κ2) is 18.5. The summed E-state index contributed by atoms with van der Waals surface area (Å²) in [4.78, 5) is 9.07. The molecule has 0 aliphatic rings. The average molecular weight is 893 g/mol. The summed E-state index contributed by atoms with van der Waals surface area (Å²) in [6, 6.07) is 63.1. The predicted octanol–water partition coefficient (Wildman–Crippen LogP) is 11.1. The molecule has 0 fully saturated rings. The summed E-state index contributed by atoms with van der Waals surface area (Å²) in [6.07, 6.45) is 3.44. The maximum atomic E-state index is 9.60. The Morgan fingerprint density at radius 3 is 1.65 bits per heavy atom. The maximum absolute atomic E-state index is 9.60. The zero-order valence-electron chi connectivity index (χ0n) is 30.0. The first kappa shape index (κ1) is 38.3. The molecule has 2 heterocycles. The Balaban J connectivity index is 0.000000184. The van der Waals surface area contributed by atoms with E-state index in [9.17, 15) is 10.4 Å². The molecule has 0 aliphatic heterocycles. The second-order valence-corrected chi connectivity index (χ2v) is 12.4. The summed E-state index contributed by atoms with van der Waals surface area (Å²) < 4.78 is 5.38. The minimum Gasteiger partial charge on any atom is -0.497 e. The third kappa shape index (κ3) is 8.86. The Hall–Kier alpha value is -6.44. The molecule has 0 atom stereocenters. The molecule has 6 aromatic carbocycles. The topological polar surface area (TPSA) is 79.0 Å². The number of hydrogen-bond acceptors (Lipinski definition) is 5. The molecule has 55 heavy (non-hydrogen) atoms. The number of aliphatic hydroxyl groups is 1. The number of nitriles is 1. The number of nitrogens with zero attached hydrogens (tertiary/aromatic N) is 3. The molecule has 0 aliphatic carbocycles. The monoisotopic (exact) mass is 892 g/mol. The Bertz CT molecular complexity index is 2520. The van der Waals surface area contributed by atoms with Crippen LogP contribution in [0.1, 0.15) is 11.1 Å². The van der Waals surface area contributed by atoms with E-state index in [2.05, 4.69) is 82.8 Å². The van der Waals surface area contributed by atoms with Crippen LogP contribution < -0.4 is 4.74 Å². The van der Waals surface area contributed by atoms with Gasteiger partial charge in [0.05, 0.1) is 13.7 Å². The van der Waals surface area contributed by atoms with Gasteiger partial charge in [-0.3, -0.25) is 4.98 Å². The van der Waals surface area contributed by atoms with Gasteiger partial charge in [-0.15, -0.1) is 35.9 Å². The Morgan fingerprint density at radius 1 is 0.600 bits per heavy atom. The quantitative estimate of drug-likeness (QED) is 0.154. The number of methoxy groups -OCH3 is 1. The van der Waals surface area contributed by atoms with Crippen LogP contribution in [0, 0.1) is 23.5 Å². The van der Waals surface area contributed by atoms with E-state index >= 15 is 0 Å². The fraction of sp³-hybridized carbons (Fsp3) is 0.0408. The number of benzene rings is 6. The van der Waals surface area contributed by atoms with Crippen molar-refractivity contribution in [2.24, 2.45) is 0 Å². The van der Waals surface area contributed by atoms with Gasteiger partial charge in [0.1, 0.15) is 5.75 Å². The molecular weight excluding hydrogens is 858 g/mol. The van der Waals surface area contributed by atoms with Crippen LogP contribution in [0.2, 0.25) is 0 Å². The first-order valence-electron chi connectivity index (χ1n) is 17.5. The maximum Gasteiger partial charge on any atom is 2.00 e. The normalized spacial score (nSPS) is 10.3. The molecule has 2 aromatic heterocycles. The molecule has 6 heteroatoms. The molecule has 0 bridgehead atoms. The van der Waals surface area contributed by atoms with Crippen molar-refractivity contribution in [3.8, 4) is 78.8 Å². The Labute approximate surface area is 336 Å². The first-order valence-corrected chi connectivity index (χ1v) is 17.5. The van der Waals surface area contributed by atoms with Crippen LogP contribution in [-0.2, 0) is 27.7 Å². The minimum atomic E-state index is -0.0698. The first-order chi connectivity index (χ1) is 26.7. The molecule has 8 rings (SSSR count). The molecule has 0 amide bonds. The number of aromatic nitrogens is 2. The Morgan fingerprint density at radius 2 is 1.11 bits per heavy atom. The van der Waals surface area contributed by atoms with Crippen LogP contribution >= 0.6 is 0 Å². The van der Waals surface area contributed by atoms with E-state index in [4.69, 9.17) is 4.74 Å². The summed E-state index contributed by atoms with van der Waals surface area (Å²) in [7, 11) is 1.67. The van der Waals surface area contributed by atoms with E-state index in [1.807, 2.05) is 103 Å². The third-order valence-corrected chi connectivity index (χ3v) is 8.97. The smallest absolute Gasteiger partial charge is 0.497 e. The van der Waals surface area contributed by atoms with Crippen LogP contribution in [0.3, 0.4) is 0 Å². The molecule has 8 aromatic rings. The predicted molar refractivity (Wildman–Crippen MR) is 216 cm³/mol. The van der Waals surface area contributed by atoms with E-state index in [1.54, 1.807) is 25.6 Å². The van der Waals surface area contributed by atoms with Crippen molar-refractivity contribution in [1.29, 1.82) is 5.26 Å². The molecular formula is C49H35N3O2Pt. The van der Waals surface area contributed by atoms with Gasteiger partial charge < -0.3 is 14.8 Å². The van der Waals surface area contributed by atoms with Gasteiger partial charge >= 0.3 is 21.1 Å². The summed E-state index contributed by atoms with van der Waals surface area (Å²) in [5, 5.41) is 19.1. The molecule has 1 N–H and O–H groups in total. The zero-order chi connectivity index (χ0) is 37.1. The zero-order valence-corrected chi connectivity index (χ0v) is 32.2. The molecule has 0 spiro atoms. The summed E-state index contributed by atoms with van der Waals surface area (Å²) in [5.74, 6) is 0.785. The van der Waals surface area contributed by atoms with Crippen molar-refractivity contribution in [1.82, 2.24) is 9.97 Å². The average Bonchev–Trinajstić information content (AvgIpc) is 3.27. The Kier molecular flexibility index (Phi) is 12.9. The van der Waals surface area contributed by atoms with E-state index in [0.29, 0.717) is 11.3 Å². The van der Waals surface area contributed by atoms with E-state index < -0.39 is 0 Å². The molecule has 0 radical (unpaired) electrons. The van der Waals surface area contributed by atoms with Gasteiger partial charge in [0.15, 0.2) is 0 Å². The minimum absolute atomic E-state index is 0. The number of ether oxygens (including phenoxy) is 1. The molecule has 0 saturated heterocycles. The van der Waals surface area contributed by atoms with Crippen LogP contribution in [0.4, 0.5) is 0 Å². The van der Waals surface area contributed by atoms with Crippen molar-refractivity contribution in [2.45, 2.75) is 6.61 Å². The van der Waals surface area contributed by atoms with Gasteiger partial charge in [0, 0.05) is 18.1 Å². The van der Waals surface area contributed by atoms with Gasteiger partial charge in [-0.05, 0) is 46.7 Å². The largest absolute Gasteiger partial charge is 2.00 e. The number of rotatable bonds is 8. The van der Waals surface area contributed by atoms with E-state index in [1.165, 1.54) is 5.56 Å². The van der Waals surface area contributed by atoms with Gasteiger partial charge in [-0.1, -0.05) is 172 Å². The van der Waals surface area contributed by atoms with E-state index in [0.717, 1.165) is 67.1 Å². The van der Waals surface area contributed by atoms with Crippen LogP contribution in [0.5, 0.6) is 5.75 Å². The fourth-order valence-electron chi connectivity index (χ4n) is 6.43. The van der Waals surface area contributed by atoms with E-state index in [-0.39, 0.29) is 27.7 Å².